The molecule has 2 aromatic rings. The summed E-state index contributed by atoms with van der Waals surface area (Å²) in [6.45, 7) is 3.87. The number of sulfonamides is 1. The summed E-state index contributed by atoms with van der Waals surface area (Å²) in [5.41, 5.74) is 0.881. The van der Waals surface area contributed by atoms with E-state index in [1.807, 2.05) is 6.92 Å². The molecule has 0 unspecified atom stereocenters. The SMILES string of the molecule is CCCCNC(=O)[C@@H](CC)N(Cc1ccc(Cl)cc1)C(=O)CN(c1cc(Cl)ccc1OC)S(C)(=O)=O. The van der Waals surface area contributed by atoms with Crippen molar-refractivity contribution in [1.82, 2.24) is 10.2 Å². The van der Waals surface area contributed by atoms with Crippen LogP contribution >= 0.6 is 23.2 Å². The normalized spacial score (nSPS) is 12.1. The molecule has 2 aromatic carbocycles. The van der Waals surface area contributed by atoms with E-state index < -0.39 is 28.5 Å². The summed E-state index contributed by atoms with van der Waals surface area (Å²) < 4.78 is 31.8. The van der Waals surface area contributed by atoms with Gasteiger partial charge in [0.05, 0.1) is 19.1 Å². The van der Waals surface area contributed by atoms with Gasteiger partial charge in [-0.15, -0.1) is 0 Å². The molecule has 0 heterocycles. The largest absolute Gasteiger partial charge is 0.495 e. The Balaban J connectivity index is 2.46. The van der Waals surface area contributed by atoms with Crippen LogP contribution < -0.4 is 14.4 Å². The second-order valence-electron chi connectivity index (χ2n) is 8.30. The van der Waals surface area contributed by atoms with E-state index in [9.17, 15) is 18.0 Å². The van der Waals surface area contributed by atoms with E-state index in [-0.39, 0.29) is 28.9 Å². The molecule has 198 valence electrons. The zero-order valence-corrected chi connectivity index (χ0v) is 23.3. The van der Waals surface area contributed by atoms with Gasteiger partial charge in [-0.25, -0.2) is 8.42 Å². The molecule has 0 fully saturated rings. The third kappa shape index (κ3) is 8.28. The van der Waals surface area contributed by atoms with Gasteiger partial charge in [-0.2, -0.15) is 0 Å². The van der Waals surface area contributed by atoms with Crippen LogP contribution in [0.25, 0.3) is 0 Å². The number of ether oxygens (including phenoxy) is 1. The zero-order chi connectivity index (χ0) is 26.9. The van der Waals surface area contributed by atoms with Crippen molar-refractivity contribution in [1.29, 1.82) is 0 Å². The van der Waals surface area contributed by atoms with Crippen molar-refractivity contribution in [3.8, 4) is 5.75 Å². The average Bonchev–Trinajstić information content (AvgIpc) is 2.83. The van der Waals surface area contributed by atoms with E-state index in [1.54, 1.807) is 37.3 Å². The predicted octanol–water partition coefficient (Wildman–Crippen LogP) is 4.49. The van der Waals surface area contributed by atoms with Gasteiger partial charge in [0.2, 0.25) is 21.8 Å². The fourth-order valence-electron chi connectivity index (χ4n) is 3.66. The van der Waals surface area contributed by atoms with Crippen LogP contribution in [0, 0.1) is 0 Å². The Morgan fingerprint density at radius 2 is 1.69 bits per heavy atom. The van der Waals surface area contributed by atoms with Gasteiger partial charge in [-0.1, -0.05) is 55.6 Å². The Bertz CT molecular complexity index is 1140. The van der Waals surface area contributed by atoms with Crippen molar-refractivity contribution in [2.45, 2.75) is 45.7 Å². The number of halogens is 2. The molecule has 0 aliphatic heterocycles. The van der Waals surface area contributed by atoms with E-state index >= 15 is 0 Å². The average molecular weight is 559 g/mol. The van der Waals surface area contributed by atoms with Crippen LogP contribution in [0.2, 0.25) is 10.0 Å². The molecule has 0 aliphatic rings. The molecular weight excluding hydrogens is 525 g/mol. The number of hydrogen-bond acceptors (Lipinski definition) is 5. The van der Waals surface area contributed by atoms with Crippen LogP contribution in [-0.4, -0.2) is 57.6 Å². The van der Waals surface area contributed by atoms with E-state index in [0.717, 1.165) is 29.0 Å². The first kappa shape index (κ1) is 29.7. The lowest BCUT2D eigenvalue weighted by molar-refractivity contribution is -0.140. The highest BCUT2D eigenvalue weighted by atomic mass is 35.5. The Morgan fingerprint density at radius 3 is 2.25 bits per heavy atom. The van der Waals surface area contributed by atoms with Crippen LogP contribution in [0.3, 0.4) is 0 Å². The highest BCUT2D eigenvalue weighted by molar-refractivity contribution is 7.92. The highest BCUT2D eigenvalue weighted by Gasteiger charge is 2.32. The van der Waals surface area contributed by atoms with Crippen molar-refractivity contribution < 1.29 is 22.7 Å². The third-order valence-corrected chi connectivity index (χ3v) is 7.18. The molecule has 0 bridgehead atoms. The molecule has 36 heavy (non-hydrogen) atoms. The van der Waals surface area contributed by atoms with Gasteiger partial charge >= 0.3 is 0 Å². The number of methoxy groups -OCH3 is 1. The number of anilines is 1. The maximum Gasteiger partial charge on any atom is 0.244 e. The number of carbonyl (C=O) groups is 2. The van der Waals surface area contributed by atoms with Crippen molar-refractivity contribution in [2.75, 3.05) is 30.8 Å². The van der Waals surface area contributed by atoms with Gasteiger partial charge in [-0.3, -0.25) is 13.9 Å². The van der Waals surface area contributed by atoms with Gasteiger partial charge in [-0.05, 0) is 48.7 Å². The van der Waals surface area contributed by atoms with Crippen molar-refractivity contribution in [2.24, 2.45) is 0 Å². The fraction of sp³-hybridized carbons (Fsp3) is 0.440. The highest BCUT2D eigenvalue weighted by Crippen LogP contribution is 2.33. The van der Waals surface area contributed by atoms with E-state index in [1.165, 1.54) is 24.1 Å². The maximum absolute atomic E-state index is 13.7. The van der Waals surface area contributed by atoms with Crippen molar-refractivity contribution in [3.63, 3.8) is 0 Å². The molecule has 0 aromatic heterocycles. The summed E-state index contributed by atoms with van der Waals surface area (Å²) in [6.07, 6.45) is 3.06. The minimum Gasteiger partial charge on any atom is -0.495 e. The van der Waals surface area contributed by atoms with E-state index in [2.05, 4.69) is 5.32 Å². The second kappa shape index (κ2) is 13.7. The number of hydrogen-bond donors (Lipinski definition) is 1. The van der Waals surface area contributed by atoms with Crippen LogP contribution in [0.15, 0.2) is 42.5 Å². The summed E-state index contributed by atoms with van der Waals surface area (Å²) in [4.78, 5) is 28.1. The van der Waals surface area contributed by atoms with E-state index in [0.29, 0.717) is 18.0 Å². The Hall–Kier alpha value is -2.49. The minimum absolute atomic E-state index is 0.0972. The molecule has 1 atom stereocenters. The second-order valence-corrected chi connectivity index (χ2v) is 11.1. The zero-order valence-electron chi connectivity index (χ0n) is 21.0. The monoisotopic (exact) mass is 557 g/mol. The predicted molar refractivity (Wildman–Crippen MR) is 144 cm³/mol. The molecule has 0 spiro atoms. The van der Waals surface area contributed by atoms with Gasteiger partial charge in [0, 0.05) is 23.1 Å². The standard InChI is InChI=1S/C25H33Cl2N3O5S/c1-5-7-14-28-25(32)21(6-2)29(16-18-8-10-19(26)11-9-18)24(31)17-30(36(4,33)34)22-15-20(27)12-13-23(22)35-3/h8-13,15,21H,5-7,14,16-17H2,1-4H3,(H,28,32)/t21-/m1/s1. The number of carbonyl (C=O) groups excluding carboxylic acids is 2. The van der Waals surface area contributed by atoms with Gasteiger partial charge in [0.1, 0.15) is 18.3 Å². The van der Waals surface area contributed by atoms with Gasteiger partial charge < -0.3 is 15.0 Å². The molecule has 1 N–H and O–H groups in total. The molecule has 11 heteroatoms. The third-order valence-electron chi connectivity index (χ3n) is 5.57. The fourth-order valence-corrected chi connectivity index (χ4v) is 4.80. The minimum atomic E-state index is -3.92. The Morgan fingerprint density at radius 1 is 1.06 bits per heavy atom. The van der Waals surface area contributed by atoms with Crippen LogP contribution in [0.1, 0.15) is 38.7 Å². The number of amides is 2. The number of nitrogens with one attached hydrogen (secondary N) is 1. The Labute approximate surface area is 223 Å². The lowest BCUT2D eigenvalue weighted by Crippen LogP contribution is -2.52. The van der Waals surface area contributed by atoms with Crippen molar-refractivity contribution in [3.05, 3.63) is 58.1 Å². The number of unbranched alkanes of at least 4 members (excludes halogenated alkanes) is 1. The summed E-state index contributed by atoms with van der Waals surface area (Å²) in [7, 11) is -2.52. The first-order valence-corrected chi connectivity index (χ1v) is 14.2. The lowest BCUT2D eigenvalue weighted by atomic mass is 10.1. The van der Waals surface area contributed by atoms with Crippen LogP contribution in [-0.2, 0) is 26.2 Å². The summed E-state index contributed by atoms with van der Waals surface area (Å²) in [6, 6.07) is 10.6. The molecule has 0 saturated heterocycles. The first-order valence-electron chi connectivity index (χ1n) is 11.6. The molecule has 2 rings (SSSR count). The van der Waals surface area contributed by atoms with Gasteiger partial charge in [0.25, 0.3) is 0 Å². The smallest absolute Gasteiger partial charge is 0.244 e. The number of nitrogens with zero attached hydrogens (tertiary/aromatic N) is 2. The number of benzene rings is 2. The van der Waals surface area contributed by atoms with Crippen LogP contribution in [0.4, 0.5) is 5.69 Å². The van der Waals surface area contributed by atoms with E-state index in [4.69, 9.17) is 27.9 Å². The van der Waals surface area contributed by atoms with Gasteiger partial charge in [0.15, 0.2) is 0 Å². The maximum atomic E-state index is 13.7. The first-order chi connectivity index (χ1) is 17.0. The lowest BCUT2D eigenvalue weighted by Gasteiger charge is -2.33. The quantitative estimate of drug-likeness (QED) is 0.366. The summed E-state index contributed by atoms with van der Waals surface area (Å²) in [5, 5.41) is 3.71. The molecule has 8 nitrogen and oxygen atoms in total. The Kier molecular flexibility index (Phi) is 11.3. The van der Waals surface area contributed by atoms with Crippen LogP contribution in [0.5, 0.6) is 5.75 Å². The summed E-state index contributed by atoms with van der Waals surface area (Å²) in [5.74, 6) is -0.597. The van der Waals surface area contributed by atoms with Crippen molar-refractivity contribution >= 4 is 50.7 Å². The molecule has 0 aliphatic carbocycles. The molecule has 2 amide bonds. The molecule has 0 radical (unpaired) electrons. The summed E-state index contributed by atoms with van der Waals surface area (Å²) >= 11 is 12.1. The number of rotatable bonds is 13. The molecule has 0 saturated carbocycles. The topological polar surface area (TPSA) is 96.0 Å². The molecular formula is C25H33Cl2N3O5S.